The third-order valence-electron chi connectivity index (χ3n) is 4.44. The van der Waals surface area contributed by atoms with E-state index >= 15 is 0 Å². The van der Waals surface area contributed by atoms with Crippen molar-refractivity contribution in [3.05, 3.63) is 65.9 Å². The molecule has 0 radical (unpaired) electrons. The molecule has 2 aliphatic heterocycles. The number of aromatic nitrogens is 2. The number of rotatable bonds is 6. The summed E-state index contributed by atoms with van der Waals surface area (Å²) in [6.45, 7) is 3.86. The Balaban J connectivity index is 1.95. The number of halogens is 1. The smallest absolute Gasteiger partial charge is 0.253 e. The SMILES string of the molecule is CC(C)C(NC(=O)c1cc2cncc-2n(Cc2ccccc2F)c1)C(N)=O. The number of benzene rings is 1. The molecule has 0 aromatic heterocycles. The number of carbonyl (C=O) groups excluding carboxylic acids is 2. The van der Waals surface area contributed by atoms with Crippen LogP contribution in [0, 0.1) is 11.7 Å². The van der Waals surface area contributed by atoms with Crippen molar-refractivity contribution < 1.29 is 14.0 Å². The summed E-state index contributed by atoms with van der Waals surface area (Å²) < 4.78 is 15.8. The Labute approximate surface area is 156 Å². The third-order valence-corrected chi connectivity index (χ3v) is 4.44. The molecule has 3 N–H and O–H groups in total. The van der Waals surface area contributed by atoms with Gasteiger partial charge in [-0.15, -0.1) is 0 Å². The lowest BCUT2D eigenvalue weighted by atomic mass is 10.0. The molecule has 7 heteroatoms. The van der Waals surface area contributed by atoms with Crippen molar-refractivity contribution in [3.63, 3.8) is 0 Å². The lowest BCUT2D eigenvalue weighted by Crippen LogP contribution is -2.47. The molecule has 0 fully saturated rings. The molecule has 27 heavy (non-hydrogen) atoms. The van der Waals surface area contributed by atoms with Crippen LogP contribution in [0.15, 0.2) is 48.9 Å². The van der Waals surface area contributed by atoms with Crippen molar-refractivity contribution >= 4 is 11.8 Å². The molecular formula is C20H21FN4O2. The molecule has 2 amide bonds. The number of hydrogen-bond donors (Lipinski definition) is 2. The largest absolute Gasteiger partial charge is 0.368 e. The lowest BCUT2D eigenvalue weighted by Gasteiger charge is -2.20. The van der Waals surface area contributed by atoms with Gasteiger partial charge in [-0.05, 0) is 18.1 Å². The van der Waals surface area contributed by atoms with Crippen LogP contribution in [-0.2, 0) is 11.3 Å². The molecule has 1 aromatic rings. The van der Waals surface area contributed by atoms with E-state index in [-0.39, 0.29) is 18.3 Å². The van der Waals surface area contributed by atoms with E-state index in [4.69, 9.17) is 5.73 Å². The van der Waals surface area contributed by atoms with Gasteiger partial charge < -0.3 is 15.6 Å². The molecule has 6 nitrogen and oxygen atoms in total. The Hall–Kier alpha value is -3.22. The highest BCUT2D eigenvalue weighted by Crippen LogP contribution is 2.24. The number of fused-ring (bicyclic) bond motifs is 1. The van der Waals surface area contributed by atoms with Gasteiger partial charge in [0, 0.05) is 23.5 Å². The van der Waals surface area contributed by atoms with Gasteiger partial charge >= 0.3 is 0 Å². The van der Waals surface area contributed by atoms with Crippen LogP contribution in [0.4, 0.5) is 4.39 Å². The second-order valence-corrected chi connectivity index (χ2v) is 6.79. The van der Waals surface area contributed by atoms with Crippen LogP contribution in [0.1, 0.15) is 29.8 Å². The maximum absolute atomic E-state index is 14.1. The van der Waals surface area contributed by atoms with Crippen molar-refractivity contribution in [2.45, 2.75) is 26.4 Å². The standard InChI is InChI=1S/C20H21FN4O2/c1-12(2)18(19(22)26)24-20(27)15-7-14-8-23-9-17(14)25(11-15)10-13-5-3-4-6-16(13)21/h3-9,11-12,18H,10H2,1-2H3,(H2,22,26)(H,24,27). The monoisotopic (exact) mass is 368 g/mol. The molecule has 0 bridgehead atoms. The summed E-state index contributed by atoms with van der Waals surface area (Å²) in [4.78, 5) is 28.4. The zero-order chi connectivity index (χ0) is 19.6. The number of carbonyl (C=O) groups is 2. The van der Waals surface area contributed by atoms with E-state index in [2.05, 4.69) is 10.3 Å². The maximum Gasteiger partial charge on any atom is 0.253 e. The summed E-state index contributed by atoms with van der Waals surface area (Å²) >= 11 is 0. The van der Waals surface area contributed by atoms with Crippen LogP contribution in [0.5, 0.6) is 0 Å². The number of amides is 2. The molecule has 0 aliphatic carbocycles. The van der Waals surface area contributed by atoms with Gasteiger partial charge in [-0.2, -0.15) is 0 Å². The Bertz CT molecular complexity index is 951. The van der Waals surface area contributed by atoms with Gasteiger partial charge in [0.1, 0.15) is 11.9 Å². The normalized spacial score (nSPS) is 12.3. The predicted octanol–water partition coefficient (Wildman–Crippen LogP) is 2.41. The first-order valence-corrected chi connectivity index (χ1v) is 8.64. The number of nitrogens with two attached hydrogens (primary N) is 1. The van der Waals surface area contributed by atoms with Crippen LogP contribution in [-0.4, -0.2) is 27.4 Å². The van der Waals surface area contributed by atoms with Gasteiger partial charge in [0.15, 0.2) is 0 Å². The van der Waals surface area contributed by atoms with Crippen LogP contribution < -0.4 is 11.1 Å². The molecule has 140 valence electrons. The second kappa shape index (κ2) is 7.57. The molecule has 0 spiro atoms. The van der Waals surface area contributed by atoms with Gasteiger partial charge in [0.05, 0.1) is 24.0 Å². The maximum atomic E-state index is 14.1. The minimum Gasteiger partial charge on any atom is -0.368 e. The van der Waals surface area contributed by atoms with Gasteiger partial charge in [-0.25, -0.2) is 4.39 Å². The summed E-state index contributed by atoms with van der Waals surface area (Å²) in [7, 11) is 0. The highest BCUT2D eigenvalue weighted by molar-refractivity contribution is 5.98. The summed E-state index contributed by atoms with van der Waals surface area (Å²) in [5.74, 6) is -1.46. The van der Waals surface area contributed by atoms with Crippen molar-refractivity contribution in [3.8, 4) is 11.3 Å². The van der Waals surface area contributed by atoms with Crippen molar-refractivity contribution in [1.29, 1.82) is 0 Å². The van der Waals surface area contributed by atoms with Gasteiger partial charge in [0.25, 0.3) is 5.91 Å². The van der Waals surface area contributed by atoms with Crippen LogP contribution >= 0.6 is 0 Å². The van der Waals surface area contributed by atoms with Gasteiger partial charge in [-0.1, -0.05) is 32.0 Å². The Morgan fingerprint density at radius 3 is 2.67 bits per heavy atom. The molecule has 1 aromatic carbocycles. The van der Waals surface area contributed by atoms with E-state index in [9.17, 15) is 14.0 Å². The minimum absolute atomic E-state index is 0.138. The topological polar surface area (TPSA) is 90.0 Å². The van der Waals surface area contributed by atoms with Gasteiger partial charge in [-0.3, -0.25) is 14.6 Å². The number of primary amides is 1. The first-order chi connectivity index (χ1) is 12.9. The average molecular weight is 368 g/mol. The minimum atomic E-state index is -0.772. The van der Waals surface area contributed by atoms with Crippen molar-refractivity contribution in [1.82, 2.24) is 14.9 Å². The third kappa shape index (κ3) is 3.97. The fraction of sp³-hybridized carbons (Fsp3) is 0.250. The van der Waals surface area contributed by atoms with E-state index in [1.807, 2.05) is 0 Å². The number of pyridine rings is 1. The summed E-state index contributed by atoms with van der Waals surface area (Å²) in [5.41, 5.74) is 7.75. The highest BCUT2D eigenvalue weighted by Gasteiger charge is 2.23. The molecule has 0 saturated carbocycles. The summed E-state index contributed by atoms with van der Waals surface area (Å²) in [6.07, 6.45) is 4.93. The molecule has 0 saturated heterocycles. The van der Waals surface area contributed by atoms with Crippen molar-refractivity contribution in [2.75, 3.05) is 0 Å². The van der Waals surface area contributed by atoms with E-state index in [1.54, 1.807) is 61.3 Å². The Morgan fingerprint density at radius 1 is 1.26 bits per heavy atom. The number of hydrogen-bond acceptors (Lipinski definition) is 3. The zero-order valence-electron chi connectivity index (χ0n) is 15.1. The first kappa shape index (κ1) is 18.6. The zero-order valence-corrected chi connectivity index (χ0v) is 15.1. The first-order valence-electron chi connectivity index (χ1n) is 8.64. The highest BCUT2D eigenvalue weighted by atomic mass is 19.1. The van der Waals surface area contributed by atoms with E-state index in [0.29, 0.717) is 11.1 Å². The number of nitrogens with one attached hydrogen (secondary N) is 1. The van der Waals surface area contributed by atoms with E-state index < -0.39 is 17.9 Å². The fourth-order valence-corrected chi connectivity index (χ4v) is 2.98. The Kier molecular flexibility index (Phi) is 5.21. The van der Waals surface area contributed by atoms with Crippen LogP contribution in [0.2, 0.25) is 0 Å². The Morgan fingerprint density at radius 2 is 2.00 bits per heavy atom. The quantitative estimate of drug-likeness (QED) is 0.700. The fourth-order valence-electron chi connectivity index (χ4n) is 2.98. The summed E-state index contributed by atoms with van der Waals surface area (Å²) in [5, 5.41) is 2.67. The van der Waals surface area contributed by atoms with Crippen molar-refractivity contribution in [2.24, 2.45) is 11.7 Å². The molecular weight excluding hydrogens is 347 g/mol. The average Bonchev–Trinajstić information content (AvgIpc) is 3.09. The summed E-state index contributed by atoms with van der Waals surface area (Å²) in [6, 6.07) is 7.39. The molecule has 1 unspecified atom stereocenters. The molecule has 3 rings (SSSR count). The lowest BCUT2D eigenvalue weighted by molar-refractivity contribution is -0.120. The molecule has 2 aliphatic rings. The van der Waals surface area contributed by atoms with Crippen LogP contribution in [0.25, 0.3) is 11.3 Å². The predicted molar refractivity (Wildman–Crippen MR) is 99.6 cm³/mol. The second-order valence-electron chi connectivity index (χ2n) is 6.79. The van der Waals surface area contributed by atoms with Gasteiger partial charge in [0.2, 0.25) is 5.91 Å². The van der Waals surface area contributed by atoms with E-state index in [1.165, 1.54) is 6.07 Å². The van der Waals surface area contributed by atoms with Crippen LogP contribution in [0.3, 0.4) is 0 Å². The number of nitrogens with zero attached hydrogens (tertiary/aromatic N) is 2. The van der Waals surface area contributed by atoms with E-state index in [0.717, 1.165) is 11.3 Å². The molecule has 1 atom stereocenters. The molecule has 2 heterocycles.